The third-order valence-electron chi connectivity index (χ3n) is 6.42. The minimum Gasteiger partial charge on any atom is -0.456 e. The van der Waals surface area contributed by atoms with E-state index in [9.17, 15) is 10.2 Å². The van der Waals surface area contributed by atoms with Crippen molar-refractivity contribution in [1.29, 1.82) is 0 Å². The van der Waals surface area contributed by atoms with E-state index < -0.39 is 6.10 Å². The summed E-state index contributed by atoms with van der Waals surface area (Å²) >= 11 is 6.51. The predicted molar refractivity (Wildman–Crippen MR) is 112 cm³/mol. The lowest BCUT2D eigenvalue weighted by atomic mass is 10.0. The fourth-order valence-electron chi connectivity index (χ4n) is 4.59. The summed E-state index contributed by atoms with van der Waals surface area (Å²) in [6.07, 6.45) is -0.617. The summed E-state index contributed by atoms with van der Waals surface area (Å²) < 4.78 is 17.1. The van der Waals surface area contributed by atoms with Gasteiger partial charge in [-0.05, 0) is 29.9 Å². The van der Waals surface area contributed by atoms with Crippen molar-refractivity contribution >= 4 is 22.8 Å². The van der Waals surface area contributed by atoms with Gasteiger partial charge in [0.25, 0.3) is 6.01 Å². The number of halogens is 1. The van der Waals surface area contributed by atoms with Crippen molar-refractivity contribution in [2.45, 2.75) is 36.8 Å². The third kappa shape index (κ3) is 3.39. The van der Waals surface area contributed by atoms with Gasteiger partial charge in [-0.15, -0.1) is 0 Å². The molecular formula is C22H22ClN3O5. The SMILES string of the molecule is OC[C@@H]1C[C@H]1c1ccc(-c2nc3nc(O[C@@H]4CO[C@H]5[C@@H]4OC[C@H]5O)[nH]c3cc2Cl)cc1. The molecule has 1 aliphatic carbocycles. The van der Waals surface area contributed by atoms with Crippen LogP contribution in [-0.4, -0.2) is 69.4 Å². The monoisotopic (exact) mass is 443 g/mol. The number of benzene rings is 1. The smallest absolute Gasteiger partial charge is 0.296 e. The van der Waals surface area contributed by atoms with Gasteiger partial charge in [0.1, 0.15) is 18.3 Å². The second-order valence-corrected chi connectivity index (χ2v) is 8.87. The molecule has 162 valence electrons. The van der Waals surface area contributed by atoms with Crippen molar-refractivity contribution in [3.63, 3.8) is 0 Å². The predicted octanol–water partition coefficient (Wildman–Crippen LogP) is 2.28. The first-order valence-corrected chi connectivity index (χ1v) is 10.8. The van der Waals surface area contributed by atoms with Crippen molar-refractivity contribution in [2.75, 3.05) is 19.8 Å². The molecule has 31 heavy (non-hydrogen) atoms. The van der Waals surface area contributed by atoms with Crippen LogP contribution in [0.2, 0.25) is 5.02 Å². The molecule has 0 spiro atoms. The Kier molecular flexibility index (Phi) is 4.66. The number of aromatic nitrogens is 3. The van der Waals surface area contributed by atoms with E-state index in [4.69, 9.17) is 25.8 Å². The van der Waals surface area contributed by atoms with Crippen LogP contribution >= 0.6 is 11.6 Å². The molecule has 0 bridgehead atoms. The molecule has 9 heteroatoms. The van der Waals surface area contributed by atoms with Crippen molar-refractivity contribution in [3.05, 3.63) is 40.9 Å². The van der Waals surface area contributed by atoms with Gasteiger partial charge in [0, 0.05) is 12.2 Å². The molecule has 3 aromatic rings. The summed E-state index contributed by atoms with van der Waals surface area (Å²) in [5, 5.41) is 19.7. The minimum absolute atomic E-state index is 0.237. The molecule has 6 rings (SSSR count). The first-order chi connectivity index (χ1) is 15.1. The topological polar surface area (TPSA) is 110 Å². The van der Waals surface area contributed by atoms with Crippen LogP contribution in [0.5, 0.6) is 6.01 Å². The van der Waals surface area contributed by atoms with Crippen LogP contribution in [0.25, 0.3) is 22.4 Å². The number of H-pyrrole nitrogens is 1. The van der Waals surface area contributed by atoms with Gasteiger partial charge < -0.3 is 29.4 Å². The molecular weight excluding hydrogens is 422 g/mol. The Balaban J connectivity index is 1.24. The Morgan fingerprint density at radius 1 is 1.13 bits per heavy atom. The van der Waals surface area contributed by atoms with E-state index in [1.165, 1.54) is 5.56 Å². The number of rotatable bonds is 5. The lowest BCUT2D eigenvalue weighted by Crippen LogP contribution is -2.34. The number of aromatic amines is 1. The van der Waals surface area contributed by atoms with Gasteiger partial charge in [-0.2, -0.15) is 4.98 Å². The molecule has 0 radical (unpaired) electrons. The maximum Gasteiger partial charge on any atom is 0.296 e. The number of fused-ring (bicyclic) bond motifs is 2. The average molecular weight is 444 g/mol. The molecule has 0 unspecified atom stereocenters. The second kappa shape index (κ2) is 7.43. The number of nitrogens with zero attached hydrogens (tertiary/aromatic N) is 2. The number of hydrogen-bond donors (Lipinski definition) is 3. The molecule has 3 fully saturated rings. The van der Waals surface area contributed by atoms with Gasteiger partial charge in [0.05, 0.1) is 29.4 Å². The summed E-state index contributed by atoms with van der Waals surface area (Å²) in [6.45, 7) is 0.810. The van der Waals surface area contributed by atoms with Gasteiger partial charge >= 0.3 is 0 Å². The molecule has 4 heterocycles. The second-order valence-electron chi connectivity index (χ2n) is 8.46. The van der Waals surface area contributed by atoms with Gasteiger partial charge in [-0.3, -0.25) is 0 Å². The summed E-state index contributed by atoms with van der Waals surface area (Å²) in [5.74, 6) is 0.824. The van der Waals surface area contributed by atoms with E-state index in [0.717, 1.165) is 12.0 Å². The van der Waals surface area contributed by atoms with Crippen LogP contribution in [0.15, 0.2) is 30.3 Å². The maximum atomic E-state index is 9.88. The standard InChI is InChI=1S/C22H22ClN3O5/c23-14-6-15-21(25-18(14)11-3-1-10(2-4-11)13-5-12(13)7-27)26-22(24-15)31-17-9-30-19-16(28)8-29-20(17)19/h1-4,6,12-13,16-17,19-20,27-28H,5,7-9H2,(H,24,25,26)/t12-,13-,16+,17+,19+,20+/m0/s1. The zero-order chi connectivity index (χ0) is 21.1. The number of aliphatic hydroxyl groups excluding tert-OH is 2. The van der Waals surface area contributed by atoms with E-state index in [-0.39, 0.29) is 31.5 Å². The highest BCUT2D eigenvalue weighted by molar-refractivity contribution is 6.33. The maximum absolute atomic E-state index is 9.88. The van der Waals surface area contributed by atoms with Gasteiger partial charge in [0.15, 0.2) is 11.8 Å². The highest BCUT2D eigenvalue weighted by Gasteiger charge is 2.48. The average Bonchev–Trinajstić information content (AvgIpc) is 3.08. The number of ether oxygens (including phenoxy) is 3. The van der Waals surface area contributed by atoms with Crippen LogP contribution in [0, 0.1) is 5.92 Å². The first-order valence-electron chi connectivity index (χ1n) is 10.5. The highest BCUT2D eigenvalue weighted by Crippen LogP contribution is 2.47. The van der Waals surface area contributed by atoms with E-state index >= 15 is 0 Å². The molecule has 3 aliphatic rings. The largest absolute Gasteiger partial charge is 0.456 e. The van der Waals surface area contributed by atoms with Gasteiger partial charge in [-0.25, -0.2) is 4.98 Å². The van der Waals surface area contributed by atoms with Crippen LogP contribution in [0.1, 0.15) is 17.9 Å². The Morgan fingerprint density at radius 3 is 2.71 bits per heavy atom. The number of aliphatic hydroxyl groups is 2. The molecule has 6 atom stereocenters. The van der Waals surface area contributed by atoms with E-state index in [2.05, 4.69) is 27.1 Å². The normalized spacial score (nSPS) is 31.8. The fourth-order valence-corrected chi connectivity index (χ4v) is 4.85. The molecule has 0 amide bonds. The summed E-state index contributed by atoms with van der Waals surface area (Å²) in [7, 11) is 0. The minimum atomic E-state index is -0.627. The lowest BCUT2D eigenvalue weighted by molar-refractivity contribution is 0.00706. The quantitative estimate of drug-likeness (QED) is 0.555. The zero-order valence-corrected chi connectivity index (χ0v) is 17.3. The number of pyridine rings is 1. The van der Waals surface area contributed by atoms with E-state index in [1.54, 1.807) is 6.07 Å². The van der Waals surface area contributed by atoms with Crippen molar-refractivity contribution in [3.8, 4) is 17.3 Å². The number of imidazole rings is 1. The van der Waals surface area contributed by atoms with Crippen LogP contribution in [0.3, 0.4) is 0 Å². The lowest BCUT2D eigenvalue weighted by Gasteiger charge is -2.15. The van der Waals surface area contributed by atoms with Crippen molar-refractivity contribution < 1.29 is 24.4 Å². The van der Waals surface area contributed by atoms with Crippen LogP contribution < -0.4 is 4.74 Å². The Hall–Kier alpha value is -2.23. The molecule has 1 aromatic carbocycles. The van der Waals surface area contributed by atoms with Crippen molar-refractivity contribution in [2.24, 2.45) is 5.92 Å². The summed E-state index contributed by atoms with van der Waals surface area (Å²) in [4.78, 5) is 12.2. The molecule has 2 aromatic heterocycles. The number of nitrogens with one attached hydrogen (secondary N) is 1. The van der Waals surface area contributed by atoms with Crippen LogP contribution in [0.4, 0.5) is 0 Å². The van der Waals surface area contributed by atoms with Gasteiger partial charge in [0.2, 0.25) is 0 Å². The van der Waals surface area contributed by atoms with Crippen LogP contribution in [-0.2, 0) is 9.47 Å². The molecule has 2 saturated heterocycles. The Morgan fingerprint density at radius 2 is 1.94 bits per heavy atom. The Labute approximate surface area is 183 Å². The number of hydrogen-bond acceptors (Lipinski definition) is 7. The molecule has 8 nitrogen and oxygen atoms in total. The Bertz CT molecular complexity index is 1120. The zero-order valence-electron chi connectivity index (χ0n) is 16.6. The highest BCUT2D eigenvalue weighted by atomic mass is 35.5. The fraction of sp³-hybridized carbons (Fsp3) is 0.455. The molecule has 1 saturated carbocycles. The molecule has 2 aliphatic heterocycles. The molecule has 3 N–H and O–H groups in total. The van der Waals surface area contributed by atoms with Gasteiger partial charge in [-0.1, -0.05) is 35.9 Å². The van der Waals surface area contributed by atoms with E-state index in [1.807, 2.05) is 12.1 Å². The summed E-state index contributed by atoms with van der Waals surface area (Å²) in [6, 6.07) is 10.3. The first kappa shape index (κ1) is 19.5. The van der Waals surface area contributed by atoms with E-state index in [0.29, 0.717) is 46.3 Å². The third-order valence-corrected chi connectivity index (χ3v) is 6.71. The van der Waals surface area contributed by atoms with Crippen molar-refractivity contribution in [1.82, 2.24) is 15.0 Å². The summed E-state index contributed by atoms with van der Waals surface area (Å²) in [5.41, 5.74) is 3.96.